The van der Waals surface area contributed by atoms with Crippen LogP contribution < -0.4 is 4.90 Å². The second kappa shape index (κ2) is 4.33. The molecule has 1 aromatic heterocycles. The summed E-state index contributed by atoms with van der Waals surface area (Å²) < 4.78 is 5.31. The smallest absolute Gasteiger partial charge is 0.224 e. The fourth-order valence-electron chi connectivity index (χ4n) is 1.81. The molecule has 1 atom stereocenters. The van der Waals surface area contributed by atoms with Crippen LogP contribution in [0.1, 0.15) is 12.1 Å². The average Bonchev–Trinajstić information content (AvgIpc) is 2.64. The van der Waals surface area contributed by atoms with Crippen LogP contribution in [0.25, 0.3) is 0 Å². The van der Waals surface area contributed by atoms with Gasteiger partial charge in [-0.25, -0.2) is 9.97 Å². The van der Waals surface area contributed by atoms with E-state index in [0.29, 0.717) is 11.4 Å². The number of hydrogen-bond donors (Lipinski definition) is 0. The van der Waals surface area contributed by atoms with E-state index in [-0.39, 0.29) is 0 Å². The zero-order valence-electron chi connectivity index (χ0n) is 8.90. The second-order valence-corrected chi connectivity index (χ2v) is 4.07. The third-order valence-corrected chi connectivity index (χ3v) is 2.78. The Balaban J connectivity index is 2.16. The third kappa shape index (κ3) is 2.38. The van der Waals surface area contributed by atoms with Crippen LogP contribution in [0.15, 0.2) is 6.07 Å². The van der Waals surface area contributed by atoms with E-state index in [1.54, 1.807) is 7.11 Å². The summed E-state index contributed by atoms with van der Waals surface area (Å²) in [6, 6.07) is 1.95. The van der Waals surface area contributed by atoms with E-state index in [1.807, 2.05) is 13.0 Å². The van der Waals surface area contributed by atoms with E-state index in [4.69, 9.17) is 16.3 Å². The highest BCUT2D eigenvalue weighted by molar-refractivity contribution is 6.28. The fraction of sp³-hybridized carbons (Fsp3) is 0.600. The van der Waals surface area contributed by atoms with Crippen LogP contribution >= 0.6 is 11.6 Å². The van der Waals surface area contributed by atoms with Crippen molar-refractivity contribution >= 4 is 17.4 Å². The molecule has 0 radical (unpaired) electrons. The van der Waals surface area contributed by atoms with Gasteiger partial charge in [0.1, 0.15) is 5.82 Å². The molecule has 0 spiro atoms. The zero-order valence-corrected chi connectivity index (χ0v) is 9.66. The first-order chi connectivity index (χ1) is 7.19. The topological polar surface area (TPSA) is 38.2 Å². The zero-order chi connectivity index (χ0) is 10.8. The van der Waals surface area contributed by atoms with Gasteiger partial charge in [0.15, 0.2) is 0 Å². The standard InChI is InChI=1S/C10H14ClN3O/c1-7-5-9(13-10(11)12-7)14-4-3-8(6-14)15-2/h5,8H,3-4,6H2,1-2H3. The molecule has 15 heavy (non-hydrogen) atoms. The van der Waals surface area contributed by atoms with Gasteiger partial charge in [0.05, 0.1) is 6.10 Å². The van der Waals surface area contributed by atoms with Crippen LogP contribution in [-0.4, -0.2) is 36.3 Å². The number of nitrogens with zero attached hydrogens (tertiary/aromatic N) is 3. The Morgan fingerprint density at radius 1 is 1.53 bits per heavy atom. The van der Waals surface area contributed by atoms with E-state index < -0.39 is 0 Å². The lowest BCUT2D eigenvalue weighted by Crippen LogP contribution is -2.23. The molecular formula is C10H14ClN3O. The molecule has 0 saturated carbocycles. The van der Waals surface area contributed by atoms with Gasteiger partial charge >= 0.3 is 0 Å². The first kappa shape index (κ1) is 10.6. The number of aromatic nitrogens is 2. The molecule has 1 aliphatic rings. The van der Waals surface area contributed by atoms with Gasteiger partial charge in [0.2, 0.25) is 5.28 Å². The van der Waals surface area contributed by atoms with Crippen LogP contribution in [0.3, 0.4) is 0 Å². The quantitative estimate of drug-likeness (QED) is 0.721. The minimum absolute atomic E-state index is 0.305. The van der Waals surface area contributed by atoms with Crippen molar-refractivity contribution < 1.29 is 4.74 Å². The average molecular weight is 228 g/mol. The number of aryl methyl sites for hydroxylation is 1. The van der Waals surface area contributed by atoms with Crippen LogP contribution in [0, 0.1) is 6.92 Å². The predicted octanol–water partition coefficient (Wildman–Crippen LogP) is 1.66. The Kier molecular flexibility index (Phi) is 3.07. The maximum atomic E-state index is 5.82. The third-order valence-electron chi connectivity index (χ3n) is 2.62. The van der Waals surface area contributed by atoms with Crippen molar-refractivity contribution in [2.24, 2.45) is 0 Å². The first-order valence-electron chi connectivity index (χ1n) is 4.98. The summed E-state index contributed by atoms with van der Waals surface area (Å²) >= 11 is 5.82. The molecule has 0 N–H and O–H groups in total. The number of methoxy groups -OCH3 is 1. The van der Waals surface area contributed by atoms with Crippen molar-refractivity contribution in [3.63, 3.8) is 0 Å². The summed E-state index contributed by atoms with van der Waals surface area (Å²) in [6.45, 7) is 3.76. The molecular weight excluding hydrogens is 214 g/mol. The highest BCUT2D eigenvalue weighted by atomic mass is 35.5. The Morgan fingerprint density at radius 3 is 2.93 bits per heavy atom. The SMILES string of the molecule is COC1CCN(c2cc(C)nc(Cl)n2)C1. The molecule has 1 unspecified atom stereocenters. The minimum atomic E-state index is 0.305. The molecule has 2 rings (SSSR count). The summed E-state index contributed by atoms with van der Waals surface area (Å²) in [7, 11) is 1.74. The molecule has 1 fully saturated rings. The number of halogens is 1. The van der Waals surface area contributed by atoms with Gasteiger partial charge < -0.3 is 9.64 Å². The lowest BCUT2D eigenvalue weighted by atomic mass is 10.3. The van der Waals surface area contributed by atoms with Gasteiger partial charge in [-0.3, -0.25) is 0 Å². The number of hydrogen-bond acceptors (Lipinski definition) is 4. The molecule has 5 heteroatoms. The molecule has 2 heterocycles. The summed E-state index contributed by atoms with van der Waals surface area (Å²) in [5, 5.41) is 0.311. The first-order valence-corrected chi connectivity index (χ1v) is 5.36. The lowest BCUT2D eigenvalue weighted by Gasteiger charge is -2.17. The molecule has 4 nitrogen and oxygen atoms in total. The number of rotatable bonds is 2. The summed E-state index contributed by atoms with van der Waals surface area (Å²) in [5.41, 5.74) is 0.894. The Hall–Kier alpha value is -0.870. The molecule has 0 aliphatic carbocycles. The Labute approximate surface area is 94.2 Å². The van der Waals surface area contributed by atoms with Crippen LogP contribution in [-0.2, 0) is 4.74 Å². The maximum absolute atomic E-state index is 5.82. The van der Waals surface area contributed by atoms with E-state index in [2.05, 4.69) is 14.9 Å². The van der Waals surface area contributed by atoms with Crippen molar-refractivity contribution in [2.45, 2.75) is 19.4 Å². The van der Waals surface area contributed by atoms with Gasteiger partial charge in [-0.15, -0.1) is 0 Å². The summed E-state index contributed by atoms with van der Waals surface area (Å²) in [4.78, 5) is 10.4. The maximum Gasteiger partial charge on any atom is 0.224 e. The summed E-state index contributed by atoms with van der Waals surface area (Å²) in [5.74, 6) is 0.895. The molecule has 82 valence electrons. The molecule has 1 aliphatic heterocycles. The lowest BCUT2D eigenvalue weighted by molar-refractivity contribution is 0.121. The van der Waals surface area contributed by atoms with E-state index in [9.17, 15) is 0 Å². The number of ether oxygens (including phenoxy) is 1. The number of anilines is 1. The molecule has 1 saturated heterocycles. The molecule has 0 amide bonds. The summed E-state index contributed by atoms with van der Waals surface area (Å²) in [6.07, 6.45) is 1.34. The molecule has 0 aromatic carbocycles. The van der Waals surface area contributed by atoms with Crippen molar-refractivity contribution in [3.05, 3.63) is 17.0 Å². The second-order valence-electron chi connectivity index (χ2n) is 3.73. The van der Waals surface area contributed by atoms with Crippen molar-refractivity contribution in [2.75, 3.05) is 25.1 Å². The highest BCUT2D eigenvalue weighted by Gasteiger charge is 2.23. The van der Waals surface area contributed by atoms with E-state index in [0.717, 1.165) is 31.0 Å². The van der Waals surface area contributed by atoms with Crippen molar-refractivity contribution in [1.29, 1.82) is 0 Å². The Morgan fingerprint density at radius 2 is 2.33 bits per heavy atom. The molecule has 0 bridgehead atoms. The van der Waals surface area contributed by atoms with Crippen molar-refractivity contribution in [3.8, 4) is 0 Å². The van der Waals surface area contributed by atoms with Gasteiger partial charge in [0, 0.05) is 32.0 Å². The van der Waals surface area contributed by atoms with Gasteiger partial charge in [-0.05, 0) is 24.9 Å². The van der Waals surface area contributed by atoms with Gasteiger partial charge in [-0.2, -0.15) is 0 Å². The predicted molar refractivity (Wildman–Crippen MR) is 59.4 cm³/mol. The fourth-order valence-corrected chi connectivity index (χ4v) is 2.03. The molecule has 1 aromatic rings. The van der Waals surface area contributed by atoms with E-state index >= 15 is 0 Å². The van der Waals surface area contributed by atoms with E-state index in [1.165, 1.54) is 0 Å². The van der Waals surface area contributed by atoms with Gasteiger partial charge in [0.25, 0.3) is 0 Å². The Bertz CT molecular complexity index is 338. The van der Waals surface area contributed by atoms with Crippen LogP contribution in [0.5, 0.6) is 0 Å². The van der Waals surface area contributed by atoms with Crippen LogP contribution in [0.4, 0.5) is 5.82 Å². The minimum Gasteiger partial charge on any atom is -0.380 e. The highest BCUT2D eigenvalue weighted by Crippen LogP contribution is 2.21. The normalized spacial score (nSPS) is 21.0. The monoisotopic (exact) mass is 227 g/mol. The van der Waals surface area contributed by atoms with Gasteiger partial charge in [-0.1, -0.05) is 0 Å². The van der Waals surface area contributed by atoms with Crippen molar-refractivity contribution in [1.82, 2.24) is 9.97 Å². The largest absolute Gasteiger partial charge is 0.380 e. The van der Waals surface area contributed by atoms with Crippen LogP contribution in [0.2, 0.25) is 5.28 Å².